The van der Waals surface area contributed by atoms with Gasteiger partial charge in [-0.2, -0.15) is 13.2 Å². The van der Waals surface area contributed by atoms with Gasteiger partial charge in [0.05, 0.1) is 0 Å². The summed E-state index contributed by atoms with van der Waals surface area (Å²) in [6.07, 6.45) is -4.27. The number of rotatable bonds is 2. The molecule has 1 nitrogen and oxygen atoms in total. The van der Waals surface area contributed by atoms with Gasteiger partial charge in [0.2, 0.25) is 0 Å². The normalized spacial score (nSPS) is 14.0. The summed E-state index contributed by atoms with van der Waals surface area (Å²) >= 11 is 3.22. The lowest BCUT2D eigenvalue weighted by Gasteiger charge is -2.21. The van der Waals surface area contributed by atoms with Crippen LogP contribution in [0.25, 0.3) is 0 Å². The Morgan fingerprint density at radius 2 is 1.93 bits per heavy atom. The minimum Gasteiger partial charge on any atom is -0.306 e. The maximum Gasteiger partial charge on any atom is 0.407 e. The van der Waals surface area contributed by atoms with Crippen LogP contribution in [0.15, 0.2) is 22.7 Å². The van der Waals surface area contributed by atoms with Crippen molar-refractivity contribution in [3.63, 3.8) is 0 Å². The fraction of sp³-hybridized carbons (Fsp3) is 0.400. The molecule has 0 aliphatic heterocycles. The van der Waals surface area contributed by atoms with Crippen LogP contribution < -0.4 is 5.32 Å². The van der Waals surface area contributed by atoms with Crippen molar-refractivity contribution in [2.45, 2.75) is 19.1 Å². The first-order valence-corrected chi connectivity index (χ1v) is 5.15. The smallest absolute Gasteiger partial charge is 0.306 e. The molecule has 0 heterocycles. The lowest BCUT2D eigenvalue weighted by atomic mass is 10.0. The van der Waals surface area contributed by atoms with Crippen molar-refractivity contribution in [3.05, 3.63) is 33.8 Å². The van der Waals surface area contributed by atoms with Gasteiger partial charge in [0.25, 0.3) is 0 Å². The van der Waals surface area contributed by atoms with Gasteiger partial charge in [0.1, 0.15) is 6.04 Å². The van der Waals surface area contributed by atoms with Crippen molar-refractivity contribution in [3.8, 4) is 0 Å². The zero-order valence-corrected chi connectivity index (χ0v) is 9.91. The predicted octanol–water partition coefficient (Wildman–Crippen LogP) is 3.58. The zero-order valence-electron chi connectivity index (χ0n) is 8.32. The monoisotopic (exact) mass is 281 g/mol. The van der Waals surface area contributed by atoms with Gasteiger partial charge < -0.3 is 5.32 Å². The molecule has 1 rings (SSSR count). The van der Waals surface area contributed by atoms with E-state index in [2.05, 4.69) is 21.2 Å². The minimum absolute atomic E-state index is 0.258. The number of hydrogen-bond donors (Lipinski definition) is 1. The third-order valence-corrected chi connectivity index (χ3v) is 2.65. The Morgan fingerprint density at radius 3 is 2.33 bits per heavy atom. The van der Waals surface area contributed by atoms with Gasteiger partial charge in [-0.3, -0.25) is 0 Å². The number of aryl methyl sites for hydroxylation is 1. The molecule has 84 valence electrons. The average molecular weight is 282 g/mol. The Kier molecular flexibility index (Phi) is 3.78. The lowest BCUT2D eigenvalue weighted by Crippen LogP contribution is -2.32. The van der Waals surface area contributed by atoms with Crippen LogP contribution in [0.2, 0.25) is 0 Å². The molecule has 0 spiro atoms. The topological polar surface area (TPSA) is 12.0 Å². The highest BCUT2D eigenvalue weighted by Crippen LogP contribution is 2.34. The molecule has 1 aromatic rings. The molecule has 0 aromatic heterocycles. The van der Waals surface area contributed by atoms with E-state index in [-0.39, 0.29) is 5.56 Å². The minimum atomic E-state index is -4.27. The molecule has 5 heteroatoms. The second-order valence-electron chi connectivity index (χ2n) is 3.26. The first-order valence-electron chi connectivity index (χ1n) is 4.36. The fourth-order valence-electron chi connectivity index (χ4n) is 1.46. The number of hydrogen-bond acceptors (Lipinski definition) is 1. The number of alkyl halides is 3. The molecule has 0 amide bonds. The van der Waals surface area contributed by atoms with Crippen LogP contribution in [0.4, 0.5) is 13.2 Å². The van der Waals surface area contributed by atoms with Crippen molar-refractivity contribution < 1.29 is 13.2 Å². The van der Waals surface area contributed by atoms with E-state index < -0.39 is 12.2 Å². The summed E-state index contributed by atoms with van der Waals surface area (Å²) < 4.78 is 38.6. The maximum absolute atomic E-state index is 12.6. The third kappa shape index (κ3) is 2.95. The third-order valence-electron chi connectivity index (χ3n) is 2.16. The second-order valence-corrected chi connectivity index (χ2v) is 4.18. The first-order chi connectivity index (χ1) is 6.86. The van der Waals surface area contributed by atoms with E-state index in [4.69, 9.17) is 0 Å². The standard InChI is InChI=1S/C10H11BrF3N/c1-6-5-7(11)3-4-8(6)9(15-2)10(12,13)14/h3-5,9,15H,1-2H3/t9-/m0/s1. The van der Waals surface area contributed by atoms with Crippen molar-refractivity contribution in [2.75, 3.05) is 7.05 Å². The summed E-state index contributed by atoms with van der Waals surface area (Å²) in [6, 6.07) is 3.16. The van der Waals surface area contributed by atoms with Crippen molar-refractivity contribution in [1.82, 2.24) is 5.32 Å². The van der Waals surface area contributed by atoms with Crippen LogP contribution in [-0.2, 0) is 0 Å². The van der Waals surface area contributed by atoms with Gasteiger partial charge >= 0.3 is 6.18 Å². The van der Waals surface area contributed by atoms with Crippen LogP contribution in [-0.4, -0.2) is 13.2 Å². The van der Waals surface area contributed by atoms with Gasteiger partial charge in [-0.15, -0.1) is 0 Å². The molecule has 0 aliphatic carbocycles. The van der Waals surface area contributed by atoms with Crippen LogP contribution >= 0.6 is 15.9 Å². The largest absolute Gasteiger partial charge is 0.407 e. The molecule has 0 unspecified atom stereocenters. The van der Waals surface area contributed by atoms with E-state index in [1.807, 2.05) is 0 Å². The summed E-state index contributed by atoms with van der Waals surface area (Å²) in [6.45, 7) is 1.66. The van der Waals surface area contributed by atoms with Crippen LogP contribution in [0.1, 0.15) is 17.2 Å². The maximum atomic E-state index is 12.6. The van der Waals surface area contributed by atoms with E-state index in [9.17, 15) is 13.2 Å². The second kappa shape index (κ2) is 4.53. The molecular formula is C10H11BrF3N. The first kappa shape index (κ1) is 12.5. The van der Waals surface area contributed by atoms with E-state index in [1.165, 1.54) is 13.1 Å². The molecule has 0 radical (unpaired) electrons. The Labute approximate surface area is 94.8 Å². The molecule has 0 aliphatic rings. The number of benzene rings is 1. The van der Waals surface area contributed by atoms with E-state index in [0.29, 0.717) is 5.56 Å². The van der Waals surface area contributed by atoms with E-state index in [1.54, 1.807) is 19.1 Å². The highest BCUT2D eigenvalue weighted by Gasteiger charge is 2.40. The molecule has 0 saturated heterocycles. The van der Waals surface area contributed by atoms with Gasteiger partial charge in [0, 0.05) is 4.47 Å². The zero-order chi connectivity index (χ0) is 11.6. The average Bonchev–Trinajstić information content (AvgIpc) is 2.07. The molecule has 1 aromatic carbocycles. The fourth-order valence-corrected chi connectivity index (χ4v) is 1.93. The predicted molar refractivity (Wildman–Crippen MR) is 56.7 cm³/mol. The molecule has 1 atom stereocenters. The van der Waals surface area contributed by atoms with Gasteiger partial charge in [-0.1, -0.05) is 22.0 Å². The summed E-state index contributed by atoms with van der Waals surface area (Å²) in [7, 11) is 1.31. The van der Waals surface area contributed by atoms with E-state index >= 15 is 0 Å². The molecule has 0 saturated carbocycles. The summed E-state index contributed by atoms with van der Waals surface area (Å²) in [5, 5.41) is 2.28. The molecule has 15 heavy (non-hydrogen) atoms. The van der Waals surface area contributed by atoms with Crippen LogP contribution in [0, 0.1) is 6.92 Å². The molecular weight excluding hydrogens is 271 g/mol. The number of halogens is 4. The van der Waals surface area contributed by atoms with Crippen molar-refractivity contribution in [2.24, 2.45) is 0 Å². The Hall–Kier alpha value is -0.550. The van der Waals surface area contributed by atoms with Gasteiger partial charge in [-0.25, -0.2) is 0 Å². The Bertz CT molecular complexity index is 349. The quantitative estimate of drug-likeness (QED) is 0.874. The summed E-state index contributed by atoms with van der Waals surface area (Å²) in [5.74, 6) is 0. The lowest BCUT2D eigenvalue weighted by molar-refractivity contribution is -0.156. The SMILES string of the molecule is CN[C@@H](c1ccc(Br)cc1C)C(F)(F)F. The Balaban J connectivity index is 3.13. The summed E-state index contributed by atoms with van der Waals surface area (Å²) in [4.78, 5) is 0. The molecule has 0 bridgehead atoms. The van der Waals surface area contributed by atoms with Gasteiger partial charge in [0.15, 0.2) is 0 Å². The van der Waals surface area contributed by atoms with Crippen molar-refractivity contribution >= 4 is 15.9 Å². The van der Waals surface area contributed by atoms with Gasteiger partial charge in [-0.05, 0) is 37.2 Å². The highest BCUT2D eigenvalue weighted by atomic mass is 79.9. The Morgan fingerprint density at radius 1 is 1.33 bits per heavy atom. The van der Waals surface area contributed by atoms with Crippen LogP contribution in [0.3, 0.4) is 0 Å². The number of nitrogens with one attached hydrogen (secondary N) is 1. The van der Waals surface area contributed by atoms with Crippen molar-refractivity contribution in [1.29, 1.82) is 0 Å². The van der Waals surface area contributed by atoms with Crippen LogP contribution in [0.5, 0.6) is 0 Å². The molecule has 1 N–H and O–H groups in total. The summed E-state index contributed by atoms with van der Waals surface area (Å²) in [5.41, 5.74) is 0.870. The van der Waals surface area contributed by atoms with E-state index in [0.717, 1.165) is 4.47 Å². The highest BCUT2D eigenvalue weighted by molar-refractivity contribution is 9.10. The molecule has 0 fully saturated rings.